The molecule has 1 aliphatic rings. The lowest BCUT2D eigenvalue weighted by molar-refractivity contribution is -0.127. The first kappa shape index (κ1) is 12.9. The number of likely N-dealkylation sites (tertiary alicyclic amines) is 1. The summed E-state index contributed by atoms with van der Waals surface area (Å²) in [7, 11) is 0. The molecule has 88 valence electrons. The molecule has 1 fully saturated rings. The van der Waals surface area contributed by atoms with Crippen LogP contribution in [0.5, 0.6) is 0 Å². The van der Waals surface area contributed by atoms with Crippen LogP contribution >= 0.6 is 12.6 Å². The molecule has 0 atom stereocenters. The van der Waals surface area contributed by atoms with Gasteiger partial charge in [-0.05, 0) is 37.6 Å². The van der Waals surface area contributed by atoms with Gasteiger partial charge in [0.05, 0.1) is 0 Å². The minimum Gasteiger partial charge on any atom is -0.399 e. The third kappa shape index (κ3) is 4.14. The van der Waals surface area contributed by atoms with E-state index in [4.69, 9.17) is 5.73 Å². The summed E-state index contributed by atoms with van der Waals surface area (Å²) in [5.41, 5.74) is 6.17. The zero-order valence-corrected chi connectivity index (χ0v) is 10.4. The summed E-state index contributed by atoms with van der Waals surface area (Å²) in [4.78, 5) is 13.6. The van der Waals surface area contributed by atoms with Gasteiger partial charge >= 0.3 is 0 Å². The fraction of sp³-hybridized carbons (Fsp3) is 0.417. The zero-order valence-electron chi connectivity index (χ0n) is 9.52. The fourth-order valence-corrected chi connectivity index (χ4v) is 1.66. The van der Waals surface area contributed by atoms with Gasteiger partial charge in [-0.1, -0.05) is 0 Å². The van der Waals surface area contributed by atoms with Crippen LogP contribution in [0.2, 0.25) is 0 Å². The number of benzene rings is 1. The van der Waals surface area contributed by atoms with Gasteiger partial charge in [0.2, 0.25) is 5.91 Å². The topological polar surface area (TPSA) is 46.3 Å². The fourth-order valence-electron chi connectivity index (χ4n) is 1.51. The van der Waals surface area contributed by atoms with E-state index in [2.05, 4.69) is 12.6 Å². The van der Waals surface area contributed by atoms with E-state index < -0.39 is 0 Å². The summed E-state index contributed by atoms with van der Waals surface area (Å²) in [5, 5.41) is 0. The molecule has 0 bridgehead atoms. The van der Waals surface area contributed by atoms with Gasteiger partial charge in [-0.25, -0.2) is 0 Å². The Morgan fingerprint density at radius 1 is 1.38 bits per heavy atom. The highest BCUT2D eigenvalue weighted by Gasteiger charge is 2.16. The van der Waals surface area contributed by atoms with Crippen molar-refractivity contribution in [1.82, 2.24) is 4.90 Å². The van der Waals surface area contributed by atoms with Gasteiger partial charge < -0.3 is 10.6 Å². The molecule has 1 aromatic rings. The molecular weight excluding hydrogens is 220 g/mol. The summed E-state index contributed by atoms with van der Waals surface area (Å²) in [6.07, 6.45) is 1.83. The molecular formula is C12H18N2OS. The molecule has 1 saturated heterocycles. The Morgan fingerprint density at radius 3 is 2.31 bits per heavy atom. The summed E-state index contributed by atoms with van der Waals surface area (Å²) < 4.78 is 0. The van der Waals surface area contributed by atoms with Gasteiger partial charge in [0.1, 0.15) is 0 Å². The molecule has 2 N–H and O–H groups in total. The molecule has 4 heteroatoms. The van der Waals surface area contributed by atoms with Crippen LogP contribution in [0.25, 0.3) is 0 Å². The van der Waals surface area contributed by atoms with Crippen molar-refractivity contribution >= 4 is 24.2 Å². The number of nitrogen functional groups attached to an aromatic ring is 1. The Morgan fingerprint density at radius 2 is 2.00 bits per heavy atom. The first-order valence-electron chi connectivity index (χ1n) is 5.45. The molecule has 0 radical (unpaired) electrons. The minimum atomic E-state index is 0.326. The van der Waals surface area contributed by atoms with E-state index in [1.807, 2.05) is 36.1 Å². The van der Waals surface area contributed by atoms with Gasteiger partial charge in [-0.3, -0.25) is 4.79 Å². The average Bonchev–Trinajstić information content (AvgIpc) is 2.69. The van der Waals surface area contributed by atoms with Gasteiger partial charge in [0.15, 0.2) is 0 Å². The molecule has 1 heterocycles. The van der Waals surface area contributed by atoms with Crippen LogP contribution in [0.15, 0.2) is 29.2 Å². The van der Waals surface area contributed by atoms with Crippen LogP contribution in [-0.4, -0.2) is 23.9 Å². The first-order valence-corrected chi connectivity index (χ1v) is 5.90. The number of hydrogen-bond acceptors (Lipinski definition) is 3. The lowest BCUT2D eigenvalue weighted by atomic mass is 10.3. The normalized spacial score (nSPS) is 14.6. The number of hydrogen-bond donors (Lipinski definition) is 2. The van der Waals surface area contributed by atoms with E-state index in [1.54, 1.807) is 0 Å². The Kier molecular flexibility index (Phi) is 5.19. The molecule has 1 aromatic carbocycles. The van der Waals surface area contributed by atoms with Crippen LogP contribution in [0.1, 0.15) is 19.8 Å². The van der Waals surface area contributed by atoms with E-state index in [9.17, 15) is 4.79 Å². The zero-order chi connectivity index (χ0) is 12.0. The van der Waals surface area contributed by atoms with Crippen molar-refractivity contribution in [2.24, 2.45) is 0 Å². The highest BCUT2D eigenvalue weighted by Crippen LogP contribution is 2.08. The van der Waals surface area contributed by atoms with Crippen molar-refractivity contribution in [2.45, 2.75) is 24.7 Å². The smallest absolute Gasteiger partial charge is 0.222 e. The second-order valence-corrected chi connectivity index (χ2v) is 4.18. The van der Waals surface area contributed by atoms with Gasteiger partial charge in [-0.15, -0.1) is 12.6 Å². The molecule has 1 amide bonds. The van der Waals surface area contributed by atoms with Crippen molar-refractivity contribution in [3.05, 3.63) is 24.3 Å². The van der Waals surface area contributed by atoms with E-state index in [0.717, 1.165) is 36.5 Å². The van der Waals surface area contributed by atoms with Crippen molar-refractivity contribution in [3.8, 4) is 0 Å². The summed E-state index contributed by atoms with van der Waals surface area (Å²) in [6.45, 7) is 3.89. The Balaban J connectivity index is 0.000000160. The Labute approximate surface area is 102 Å². The molecule has 0 unspecified atom stereocenters. The van der Waals surface area contributed by atoms with Gasteiger partial charge in [0.25, 0.3) is 0 Å². The van der Waals surface area contributed by atoms with E-state index >= 15 is 0 Å². The molecule has 3 nitrogen and oxygen atoms in total. The van der Waals surface area contributed by atoms with E-state index in [0.29, 0.717) is 5.91 Å². The number of rotatable bonds is 1. The monoisotopic (exact) mass is 238 g/mol. The standard InChI is InChI=1S/C6H11NO.C6H7NS/c1-2-7-5-3-4-6(7)8;7-5-1-3-6(8)4-2-5/h2-5H2,1H3;1-4,8H,7H2. The predicted molar refractivity (Wildman–Crippen MR) is 69.6 cm³/mol. The maximum atomic E-state index is 10.7. The highest BCUT2D eigenvalue weighted by atomic mass is 32.1. The Hall–Kier alpha value is -1.16. The number of nitrogens with two attached hydrogens (primary N) is 1. The van der Waals surface area contributed by atoms with Crippen molar-refractivity contribution in [3.63, 3.8) is 0 Å². The molecule has 0 saturated carbocycles. The van der Waals surface area contributed by atoms with Crippen LogP contribution in [-0.2, 0) is 4.79 Å². The maximum absolute atomic E-state index is 10.7. The molecule has 16 heavy (non-hydrogen) atoms. The van der Waals surface area contributed by atoms with Crippen molar-refractivity contribution in [1.29, 1.82) is 0 Å². The SMILES string of the molecule is CCN1CCCC1=O.Nc1ccc(S)cc1. The van der Waals surface area contributed by atoms with E-state index in [-0.39, 0.29) is 0 Å². The van der Waals surface area contributed by atoms with Crippen LogP contribution in [0.3, 0.4) is 0 Å². The number of amides is 1. The lowest BCUT2D eigenvalue weighted by Gasteiger charge is -2.10. The second-order valence-electron chi connectivity index (χ2n) is 3.67. The third-order valence-electron chi connectivity index (χ3n) is 2.45. The molecule has 0 aliphatic carbocycles. The van der Waals surface area contributed by atoms with E-state index in [1.165, 1.54) is 0 Å². The molecule has 1 aliphatic heterocycles. The maximum Gasteiger partial charge on any atom is 0.222 e. The van der Waals surface area contributed by atoms with Crippen molar-refractivity contribution in [2.75, 3.05) is 18.8 Å². The number of anilines is 1. The number of nitrogens with zero attached hydrogens (tertiary/aromatic N) is 1. The number of carbonyl (C=O) groups excluding carboxylic acids is 1. The van der Waals surface area contributed by atoms with Gasteiger partial charge in [0, 0.05) is 30.1 Å². The van der Waals surface area contributed by atoms with Crippen molar-refractivity contribution < 1.29 is 4.79 Å². The summed E-state index contributed by atoms with van der Waals surface area (Å²) in [6, 6.07) is 7.36. The molecule has 2 rings (SSSR count). The Bertz CT molecular complexity index is 316. The summed E-state index contributed by atoms with van der Waals surface area (Å²) in [5.74, 6) is 0.326. The second kappa shape index (κ2) is 6.43. The molecule has 0 spiro atoms. The number of thiol groups is 1. The third-order valence-corrected chi connectivity index (χ3v) is 2.74. The molecule has 0 aromatic heterocycles. The van der Waals surface area contributed by atoms with Crippen LogP contribution in [0, 0.1) is 0 Å². The predicted octanol–water partition coefficient (Wildman–Crippen LogP) is 2.19. The lowest BCUT2D eigenvalue weighted by Crippen LogP contribution is -2.23. The summed E-state index contributed by atoms with van der Waals surface area (Å²) >= 11 is 4.08. The largest absolute Gasteiger partial charge is 0.399 e. The van der Waals surface area contributed by atoms with Crippen LogP contribution in [0.4, 0.5) is 5.69 Å². The average molecular weight is 238 g/mol. The highest BCUT2D eigenvalue weighted by molar-refractivity contribution is 7.80. The van der Waals surface area contributed by atoms with Gasteiger partial charge in [-0.2, -0.15) is 0 Å². The first-order chi connectivity index (χ1) is 7.63. The van der Waals surface area contributed by atoms with Crippen LogP contribution < -0.4 is 5.73 Å². The number of carbonyl (C=O) groups is 1. The minimum absolute atomic E-state index is 0.326. The quantitative estimate of drug-likeness (QED) is 0.582.